The number of aryl methyl sites for hydroxylation is 3. The van der Waals surface area contributed by atoms with Crippen LogP contribution in [0.4, 0.5) is 0 Å². The maximum atomic E-state index is 2.54. The van der Waals surface area contributed by atoms with Gasteiger partial charge in [-0.3, -0.25) is 0 Å². The van der Waals surface area contributed by atoms with Crippen LogP contribution in [-0.4, -0.2) is 24.2 Å². The van der Waals surface area contributed by atoms with Crippen LogP contribution in [0.25, 0.3) is 99.5 Å². The van der Waals surface area contributed by atoms with Gasteiger partial charge in [-0.15, -0.1) is 0 Å². The van der Waals surface area contributed by atoms with E-state index in [1.807, 2.05) is 0 Å². The summed E-state index contributed by atoms with van der Waals surface area (Å²) < 4.78 is 7.01. The maximum Gasteiger partial charge on any atom is 0.220 e. The molecule has 0 radical (unpaired) electrons. The maximum absolute atomic E-state index is 2.54. The highest BCUT2D eigenvalue weighted by molar-refractivity contribution is 6.92. The predicted octanol–water partition coefficient (Wildman–Crippen LogP) is 24.5. The number of hydrogen-bond acceptors (Lipinski definition) is 0. The first-order valence-corrected chi connectivity index (χ1v) is 49.2. The van der Waals surface area contributed by atoms with Crippen molar-refractivity contribution in [2.75, 3.05) is 0 Å². The fraction of sp³-hybridized carbons (Fsp3) is 0.357. The van der Waals surface area contributed by atoms with Gasteiger partial charge in [0.25, 0.3) is 0 Å². The molecule has 3 aliphatic rings. The van der Waals surface area contributed by atoms with Crippen molar-refractivity contribution in [1.82, 2.24) is 0 Å². The number of pyridine rings is 3. The van der Waals surface area contributed by atoms with Gasteiger partial charge in [-0.1, -0.05) is 285 Å². The summed E-state index contributed by atoms with van der Waals surface area (Å²) in [5, 5.41) is 12.9. The standard InChI is InChI=1S/C34H42NSi.C33H40NSi.C31H36NSi/c1-6-36(7-2,8-3)30-18-19-31-28(22-30)20-21-35(5)34(31)33-24-29(26-14-10-9-11-15-26)23-32(25(33)4)27-16-12-13-17-27;1-23(2)35(5,6)29-16-17-30-27(20-29)18-19-34(4)33(30)32-22-28(25-12-8-7-9-13-25)21-31(24(32)3)26-14-10-11-15-26;1-22-29(24-13-9-10-14-24)20-26(23-11-7-6-8-12-23)21-30(22)31-28-16-15-27(33(3,4)5)19-25(28)17-18-32(31)2/h9-11,14-15,18-24,27H,6-8,12-13,16-17H2,1-5H3;7-9,12-13,16-23,26H,10-11,14-15H2,1-6H3;6-8,11-12,15-21,24H,9-10,13-14H2,1-5H3/q3*+1. The third-order valence-corrected chi connectivity index (χ3v) is 38.2. The lowest BCUT2D eigenvalue weighted by Gasteiger charge is -2.29. The van der Waals surface area contributed by atoms with Gasteiger partial charge in [0.05, 0.1) is 57.1 Å². The molecular formula is C98H118N3Si3+3. The van der Waals surface area contributed by atoms with E-state index >= 15 is 0 Å². The Morgan fingerprint density at radius 2 is 0.625 bits per heavy atom. The number of rotatable bonds is 16. The molecule has 9 aromatic carbocycles. The van der Waals surface area contributed by atoms with E-state index in [4.69, 9.17) is 0 Å². The molecule has 12 aromatic rings. The summed E-state index contributed by atoms with van der Waals surface area (Å²) in [5.74, 6) is 2.05. The van der Waals surface area contributed by atoms with E-state index in [0.29, 0.717) is 17.8 Å². The first-order valence-electron chi connectivity index (χ1n) is 40.0. The summed E-state index contributed by atoms with van der Waals surface area (Å²) in [6.45, 7) is 31.4. The van der Waals surface area contributed by atoms with Crippen LogP contribution in [0.3, 0.4) is 0 Å². The summed E-state index contributed by atoms with van der Waals surface area (Å²) >= 11 is 0. The van der Waals surface area contributed by atoms with Gasteiger partial charge in [-0.05, 0) is 202 Å². The van der Waals surface area contributed by atoms with Crippen molar-refractivity contribution in [1.29, 1.82) is 0 Å². The molecule has 104 heavy (non-hydrogen) atoms. The average Bonchev–Trinajstić information content (AvgIpc) is 0.856. The number of benzene rings is 9. The topological polar surface area (TPSA) is 11.6 Å². The fourth-order valence-corrected chi connectivity index (χ4v) is 24.8. The Bertz CT molecular complexity index is 5030. The zero-order valence-corrected chi connectivity index (χ0v) is 69.0. The second-order valence-electron chi connectivity index (χ2n) is 33.5. The molecule has 3 aliphatic carbocycles. The fourth-order valence-electron chi connectivity index (χ4n) is 18.3. The largest absolute Gasteiger partial charge is 0.220 e. The van der Waals surface area contributed by atoms with Gasteiger partial charge in [0, 0.05) is 18.2 Å². The molecule has 0 bridgehead atoms. The van der Waals surface area contributed by atoms with Gasteiger partial charge >= 0.3 is 0 Å². The van der Waals surface area contributed by atoms with Crippen LogP contribution >= 0.6 is 0 Å². The van der Waals surface area contributed by atoms with Crippen molar-refractivity contribution in [2.24, 2.45) is 21.1 Å². The van der Waals surface area contributed by atoms with E-state index in [9.17, 15) is 0 Å². The zero-order chi connectivity index (χ0) is 73.2. The van der Waals surface area contributed by atoms with Crippen molar-refractivity contribution >= 4 is 72.1 Å². The van der Waals surface area contributed by atoms with Gasteiger partial charge in [-0.25, -0.2) is 13.7 Å². The Labute approximate surface area is 628 Å². The van der Waals surface area contributed by atoms with Crippen LogP contribution in [0.2, 0.25) is 56.4 Å². The average molecular weight is 1420 g/mol. The molecule has 15 rings (SSSR count). The van der Waals surface area contributed by atoms with Crippen LogP contribution in [0, 0.1) is 20.8 Å². The van der Waals surface area contributed by atoms with E-state index < -0.39 is 24.2 Å². The summed E-state index contributed by atoms with van der Waals surface area (Å²) in [6.07, 6.45) is 22.8. The molecule has 3 heterocycles. The number of hydrogen-bond donors (Lipinski definition) is 0. The first kappa shape index (κ1) is 74.1. The number of aromatic nitrogens is 3. The van der Waals surface area contributed by atoms with Crippen LogP contribution in [-0.2, 0) is 21.1 Å². The van der Waals surface area contributed by atoms with E-state index in [2.05, 4.69) is 342 Å². The van der Waals surface area contributed by atoms with Gasteiger partial charge in [0.1, 0.15) is 21.1 Å². The predicted molar refractivity (Wildman–Crippen MR) is 458 cm³/mol. The van der Waals surface area contributed by atoms with E-state index in [0.717, 1.165) is 5.54 Å². The number of nitrogens with zero attached hydrogens (tertiary/aromatic N) is 3. The molecule has 3 fully saturated rings. The molecule has 3 nitrogen and oxygen atoms in total. The van der Waals surface area contributed by atoms with Crippen LogP contribution in [0.15, 0.2) is 219 Å². The highest BCUT2D eigenvalue weighted by Gasteiger charge is 2.34. The summed E-state index contributed by atoms with van der Waals surface area (Å²) in [6, 6.07) is 80.4. The van der Waals surface area contributed by atoms with Crippen molar-refractivity contribution in [3.63, 3.8) is 0 Å². The van der Waals surface area contributed by atoms with Crippen molar-refractivity contribution in [3.05, 3.63) is 252 Å². The van der Waals surface area contributed by atoms with E-state index in [-0.39, 0.29) is 0 Å². The Balaban J connectivity index is 0.000000139. The Kier molecular flexibility index (Phi) is 22.5. The minimum atomic E-state index is -1.48. The van der Waals surface area contributed by atoms with Gasteiger partial charge in [-0.2, -0.15) is 0 Å². The first-order chi connectivity index (χ1) is 50.1. The van der Waals surface area contributed by atoms with Crippen molar-refractivity contribution < 1.29 is 13.7 Å². The molecule has 0 saturated heterocycles. The molecule has 534 valence electrons. The normalized spacial score (nSPS) is 14.7. The van der Waals surface area contributed by atoms with Crippen molar-refractivity contribution in [3.8, 4) is 67.2 Å². The van der Waals surface area contributed by atoms with Crippen LogP contribution in [0.5, 0.6) is 0 Å². The second kappa shape index (κ2) is 31.5. The molecule has 6 heteroatoms. The smallest absolute Gasteiger partial charge is 0.200 e. The highest BCUT2D eigenvalue weighted by atomic mass is 28.3. The molecule has 0 aliphatic heterocycles. The van der Waals surface area contributed by atoms with Gasteiger partial charge < -0.3 is 0 Å². The van der Waals surface area contributed by atoms with Crippen LogP contribution in [0.1, 0.15) is 163 Å². The minimum absolute atomic E-state index is 0.683. The third kappa shape index (κ3) is 15.1. The lowest BCUT2D eigenvalue weighted by atomic mass is 9.85. The third-order valence-electron chi connectivity index (χ3n) is 25.9. The SMILES string of the molecule is CC[Si](CC)(CC)c1ccc2c(-c3cc(-c4ccccc4)cc(C4CCCC4)c3C)[n+](C)ccc2c1.Cc1c(-c2c3ccc([Si](C)(C)C(C)C)cc3cc[n+]2C)cc(-c2ccccc2)cc1C1CCCC1.Cc1c(-c2c3ccc([Si](C)(C)C)cc3cc[n+]2C)cc(-c2ccccc2)cc1C1CCCC1. The highest BCUT2D eigenvalue weighted by Crippen LogP contribution is 2.46. The van der Waals surface area contributed by atoms with Gasteiger partial charge in [0.2, 0.25) is 17.1 Å². The van der Waals surface area contributed by atoms with Crippen molar-refractivity contribution in [2.45, 2.75) is 207 Å². The summed E-state index contributed by atoms with van der Waals surface area (Å²) in [7, 11) is 2.37. The second-order valence-corrected chi connectivity index (χ2v) is 49.0. The molecule has 0 amide bonds. The number of fused-ring (bicyclic) bond motifs is 3. The minimum Gasteiger partial charge on any atom is -0.200 e. The lowest BCUT2D eigenvalue weighted by molar-refractivity contribution is -0.659. The molecule has 3 saturated carbocycles. The quantitative estimate of drug-likeness (QED) is 0.0675. The Morgan fingerprint density at radius 1 is 0.337 bits per heavy atom. The molecular weight excluding hydrogens is 1300 g/mol. The molecule has 3 aromatic heterocycles. The van der Waals surface area contributed by atoms with Crippen LogP contribution < -0.4 is 29.3 Å². The summed E-state index contributed by atoms with van der Waals surface area (Å²) in [4.78, 5) is 0. The van der Waals surface area contributed by atoms with E-state index in [1.54, 1.807) is 27.1 Å². The summed E-state index contributed by atoms with van der Waals surface area (Å²) in [5.41, 5.74) is 25.9. The zero-order valence-electron chi connectivity index (χ0n) is 66.0. The molecule has 0 spiro atoms. The molecule has 0 atom stereocenters. The lowest BCUT2D eigenvalue weighted by Crippen LogP contribution is -2.45. The molecule has 0 N–H and O–H groups in total. The monoisotopic (exact) mass is 1420 g/mol. The Hall–Kier alpha value is -8.14. The van der Waals surface area contributed by atoms with Gasteiger partial charge in [0.15, 0.2) is 18.6 Å². The van der Waals surface area contributed by atoms with E-state index in [1.165, 1.54) is 217 Å². The molecule has 0 unspecified atom stereocenters. The Morgan fingerprint density at radius 3 is 0.923 bits per heavy atom.